The monoisotopic (exact) mass is 263 g/mol. The summed E-state index contributed by atoms with van der Waals surface area (Å²) in [7, 11) is 1.73. The van der Waals surface area contributed by atoms with Crippen LogP contribution < -0.4 is 5.73 Å². The maximum absolute atomic E-state index is 8.71. The molecule has 0 radical (unpaired) electrons. The molecule has 1 saturated carbocycles. The van der Waals surface area contributed by atoms with Crippen molar-refractivity contribution in [2.75, 3.05) is 20.3 Å². The molecule has 5 heteroatoms. The van der Waals surface area contributed by atoms with Crippen molar-refractivity contribution in [1.29, 1.82) is 0 Å². The Balaban J connectivity index is 2.04. The van der Waals surface area contributed by atoms with Gasteiger partial charge in [0.2, 0.25) is 0 Å². The highest BCUT2D eigenvalue weighted by Gasteiger charge is 2.28. The number of methoxy groups -OCH3 is 1. The molecular formula is C14H21N3O2. The average molecular weight is 263 g/mol. The van der Waals surface area contributed by atoms with E-state index in [1.165, 1.54) is 18.4 Å². The molecule has 1 aromatic carbocycles. The highest BCUT2D eigenvalue weighted by molar-refractivity contribution is 5.97. The summed E-state index contributed by atoms with van der Waals surface area (Å²) in [5, 5.41) is 11.7. The molecular weight excluding hydrogens is 242 g/mol. The van der Waals surface area contributed by atoms with Gasteiger partial charge in [-0.15, -0.1) is 0 Å². The third kappa shape index (κ3) is 3.94. The van der Waals surface area contributed by atoms with Crippen LogP contribution >= 0.6 is 0 Å². The maximum atomic E-state index is 8.71. The normalized spacial score (nSPS) is 16.0. The number of benzene rings is 1. The van der Waals surface area contributed by atoms with Crippen molar-refractivity contribution < 1.29 is 9.94 Å². The van der Waals surface area contributed by atoms with Crippen LogP contribution in [0.25, 0.3) is 0 Å². The van der Waals surface area contributed by atoms with Crippen LogP contribution in [0, 0.1) is 0 Å². The summed E-state index contributed by atoms with van der Waals surface area (Å²) >= 11 is 0. The molecule has 1 aliphatic carbocycles. The minimum Gasteiger partial charge on any atom is -0.409 e. The van der Waals surface area contributed by atoms with Gasteiger partial charge in [-0.1, -0.05) is 23.4 Å². The Morgan fingerprint density at radius 1 is 1.53 bits per heavy atom. The standard InChI is InChI=1S/C14H21N3O2/c1-19-8-7-17(13-5-6-13)10-11-3-2-4-12(9-11)14(15)16-18/h2-4,9,13,18H,5-8,10H2,1H3,(H2,15,16). The quantitative estimate of drug-likeness (QED) is 0.337. The third-order valence-corrected chi connectivity index (χ3v) is 3.36. The second-order valence-electron chi connectivity index (χ2n) is 4.88. The van der Waals surface area contributed by atoms with Crippen molar-refractivity contribution in [3.05, 3.63) is 35.4 Å². The number of nitrogens with zero attached hydrogens (tertiary/aromatic N) is 2. The van der Waals surface area contributed by atoms with Crippen LogP contribution in [-0.2, 0) is 11.3 Å². The molecule has 2 rings (SSSR count). The van der Waals surface area contributed by atoms with Crippen LogP contribution in [0.15, 0.2) is 29.4 Å². The van der Waals surface area contributed by atoms with Gasteiger partial charge in [0.15, 0.2) is 5.84 Å². The molecule has 0 atom stereocenters. The van der Waals surface area contributed by atoms with Gasteiger partial charge < -0.3 is 15.7 Å². The van der Waals surface area contributed by atoms with E-state index in [-0.39, 0.29) is 5.84 Å². The lowest BCUT2D eigenvalue weighted by Gasteiger charge is -2.21. The first-order chi connectivity index (χ1) is 9.24. The molecule has 1 fully saturated rings. The first-order valence-electron chi connectivity index (χ1n) is 6.54. The van der Waals surface area contributed by atoms with Gasteiger partial charge >= 0.3 is 0 Å². The maximum Gasteiger partial charge on any atom is 0.170 e. The van der Waals surface area contributed by atoms with E-state index in [4.69, 9.17) is 15.7 Å². The van der Waals surface area contributed by atoms with Crippen molar-refractivity contribution in [2.24, 2.45) is 10.9 Å². The zero-order valence-corrected chi connectivity index (χ0v) is 11.2. The number of hydrogen-bond acceptors (Lipinski definition) is 4. The van der Waals surface area contributed by atoms with E-state index < -0.39 is 0 Å². The largest absolute Gasteiger partial charge is 0.409 e. The minimum atomic E-state index is 0.150. The smallest absolute Gasteiger partial charge is 0.170 e. The lowest BCUT2D eigenvalue weighted by molar-refractivity contribution is 0.139. The van der Waals surface area contributed by atoms with Crippen LogP contribution in [0.2, 0.25) is 0 Å². The topological polar surface area (TPSA) is 71.1 Å². The van der Waals surface area contributed by atoms with E-state index in [2.05, 4.69) is 16.1 Å². The van der Waals surface area contributed by atoms with Gasteiger partial charge in [0.05, 0.1) is 6.61 Å². The van der Waals surface area contributed by atoms with Crippen LogP contribution in [0.3, 0.4) is 0 Å². The lowest BCUT2D eigenvalue weighted by Crippen LogP contribution is -2.29. The van der Waals surface area contributed by atoms with E-state index >= 15 is 0 Å². The zero-order chi connectivity index (χ0) is 13.7. The molecule has 0 saturated heterocycles. The van der Waals surface area contributed by atoms with Gasteiger partial charge in [-0.3, -0.25) is 4.90 Å². The molecule has 0 aromatic heterocycles. The third-order valence-electron chi connectivity index (χ3n) is 3.36. The Morgan fingerprint density at radius 2 is 2.32 bits per heavy atom. The van der Waals surface area contributed by atoms with E-state index in [1.54, 1.807) is 7.11 Å². The van der Waals surface area contributed by atoms with Crippen LogP contribution in [-0.4, -0.2) is 42.2 Å². The summed E-state index contributed by atoms with van der Waals surface area (Å²) in [5.41, 5.74) is 7.54. The molecule has 1 aromatic rings. The van der Waals surface area contributed by atoms with E-state index in [1.807, 2.05) is 18.2 Å². The van der Waals surface area contributed by atoms with Crippen molar-refractivity contribution in [3.63, 3.8) is 0 Å². The van der Waals surface area contributed by atoms with Crippen LogP contribution in [0.1, 0.15) is 24.0 Å². The Labute approximate surface area is 113 Å². The fourth-order valence-corrected chi connectivity index (χ4v) is 2.16. The van der Waals surface area contributed by atoms with E-state index in [9.17, 15) is 0 Å². The SMILES string of the molecule is COCCN(Cc1cccc(/C(N)=N/O)c1)C1CC1. The summed E-state index contributed by atoms with van der Waals surface area (Å²) in [6.07, 6.45) is 2.54. The summed E-state index contributed by atoms with van der Waals surface area (Å²) < 4.78 is 5.15. The minimum absolute atomic E-state index is 0.150. The second kappa shape index (κ2) is 6.54. The second-order valence-corrected chi connectivity index (χ2v) is 4.88. The number of rotatable bonds is 7. The fourth-order valence-electron chi connectivity index (χ4n) is 2.16. The number of nitrogens with two attached hydrogens (primary N) is 1. The van der Waals surface area contributed by atoms with Gasteiger partial charge in [-0.05, 0) is 24.5 Å². The van der Waals surface area contributed by atoms with Crippen LogP contribution in [0.5, 0.6) is 0 Å². The molecule has 1 aliphatic rings. The molecule has 0 amide bonds. The Bertz CT molecular complexity index is 444. The molecule has 0 heterocycles. The molecule has 104 valence electrons. The summed E-state index contributed by atoms with van der Waals surface area (Å²) in [4.78, 5) is 2.43. The molecule has 5 nitrogen and oxygen atoms in total. The highest BCUT2D eigenvalue weighted by Crippen LogP contribution is 2.28. The average Bonchev–Trinajstić information content (AvgIpc) is 3.27. The molecule has 3 N–H and O–H groups in total. The number of ether oxygens (including phenoxy) is 1. The Morgan fingerprint density at radius 3 is 2.95 bits per heavy atom. The van der Waals surface area contributed by atoms with Gasteiger partial charge in [-0.25, -0.2) is 0 Å². The van der Waals surface area contributed by atoms with E-state index in [0.29, 0.717) is 6.04 Å². The lowest BCUT2D eigenvalue weighted by atomic mass is 10.1. The first kappa shape index (κ1) is 13.8. The Hall–Kier alpha value is -1.59. The molecule has 0 bridgehead atoms. The molecule has 19 heavy (non-hydrogen) atoms. The highest BCUT2D eigenvalue weighted by atomic mass is 16.5. The number of hydrogen-bond donors (Lipinski definition) is 2. The van der Waals surface area contributed by atoms with E-state index in [0.717, 1.165) is 25.3 Å². The van der Waals surface area contributed by atoms with Crippen molar-refractivity contribution in [3.8, 4) is 0 Å². The number of oxime groups is 1. The molecule has 0 unspecified atom stereocenters. The zero-order valence-electron chi connectivity index (χ0n) is 11.2. The predicted octanol–water partition coefficient (Wildman–Crippen LogP) is 1.39. The summed E-state index contributed by atoms with van der Waals surface area (Å²) in [5.74, 6) is 0.150. The first-order valence-corrected chi connectivity index (χ1v) is 6.54. The molecule has 0 spiro atoms. The fraction of sp³-hybridized carbons (Fsp3) is 0.500. The van der Waals surface area contributed by atoms with Gasteiger partial charge in [-0.2, -0.15) is 0 Å². The predicted molar refractivity (Wildman–Crippen MR) is 74.3 cm³/mol. The van der Waals surface area contributed by atoms with Gasteiger partial charge in [0.1, 0.15) is 0 Å². The van der Waals surface area contributed by atoms with Crippen LogP contribution in [0.4, 0.5) is 0 Å². The summed E-state index contributed by atoms with van der Waals surface area (Å²) in [6.45, 7) is 2.56. The van der Waals surface area contributed by atoms with Crippen molar-refractivity contribution in [2.45, 2.75) is 25.4 Å². The number of amidine groups is 1. The van der Waals surface area contributed by atoms with Crippen molar-refractivity contribution in [1.82, 2.24) is 4.90 Å². The van der Waals surface area contributed by atoms with Crippen molar-refractivity contribution >= 4 is 5.84 Å². The van der Waals surface area contributed by atoms with Gasteiger partial charge in [0, 0.05) is 31.8 Å². The summed E-state index contributed by atoms with van der Waals surface area (Å²) in [6, 6.07) is 8.50. The molecule has 0 aliphatic heterocycles. The Kier molecular flexibility index (Phi) is 4.76. The van der Waals surface area contributed by atoms with Gasteiger partial charge in [0.25, 0.3) is 0 Å².